The SMILES string of the molecule is Fc1ccc(Cl)cc1-n1cc(CCCl)nn1. The monoisotopic (exact) mass is 259 g/mol. The van der Waals surface area contributed by atoms with Crippen molar-refractivity contribution in [3.63, 3.8) is 0 Å². The lowest BCUT2D eigenvalue weighted by molar-refractivity contribution is 0.607. The minimum atomic E-state index is -0.397. The lowest BCUT2D eigenvalue weighted by Gasteiger charge is -2.01. The van der Waals surface area contributed by atoms with Crippen LogP contribution in [0.5, 0.6) is 0 Å². The maximum atomic E-state index is 13.5. The number of aryl methyl sites for hydroxylation is 1. The molecule has 0 aliphatic rings. The van der Waals surface area contributed by atoms with Crippen LogP contribution in [0.1, 0.15) is 5.69 Å². The van der Waals surface area contributed by atoms with Gasteiger partial charge in [-0.2, -0.15) is 0 Å². The van der Waals surface area contributed by atoms with Gasteiger partial charge in [0.15, 0.2) is 0 Å². The van der Waals surface area contributed by atoms with Gasteiger partial charge in [-0.3, -0.25) is 0 Å². The van der Waals surface area contributed by atoms with E-state index in [0.29, 0.717) is 17.3 Å². The van der Waals surface area contributed by atoms with Gasteiger partial charge in [-0.1, -0.05) is 16.8 Å². The molecule has 6 heteroatoms. The van der Waals surface area contributed by atoms with E-state index in [1.165, 1.54) is 22.9 Å². The van der Waals surface area contributed by atoms with Crippen molar-refractivity contribution in [3.05, 3.63) is 40.9 Å². The molecule has 0 unspecified atom stereocenters. The number of nitrogens with zero attached hydrogens (tertiary/aromatic N) is 3. The zero-order valence-corrected chi connectivity index (χ0v) is 9.71. The predicted molar refractivity (Wildman–Crippen MR) is 60.8 cm³/mol. The molecule has 2 rings (SSSR count). The minimum absolute atomic E-state index is 0.279. The van der Waals surface area contributed by atoms with Crippen molar-refractivity contribution in [1.82, 2.24) is 15.0 Å². The van der Waals surface area contributed by atoms with Crippen molar-refractivity contribution < 1.29 is 4.39 Å². The van der Waals surface area contributed by atoms with Crippen molar-refractivity contribution >= 4 is 23.2 Å². The molecule has 3 nitrogen and oxygen atoms in total. The van der Waals surface area contributed by atoms with Gasteiger partial charge in [-0.15, -0.1) is 16.7 Å². The van der Waals surface area contributed by atoms with Gasteiger partial charge < -0.3 is 0 Å². The normalized spacial score (nSPS) is 10.7. The first-order chi connectivity index (χ1) is 7.70. The summed E-state index contributed by atoms with van der Waals surface area (Å²) in [6, 6.07) is 4.27. The molecule has 0 fully saturated rings. The van der Waals surface area contributed by atoms with Gasteiger partial charge in [-0.25, -0.2) is 9.07 Å². The molecular weight excluding hydrogens is 252 g/mol. The van der Waals surface area contributed by atoms with Gasteiger partial charge in [0.25, 0.3) is 0 Å². The van der Waals surface area contributed by atoms with Crippen molar-refractivity contribution in [2.75, 3.05) is 5.88 Å². The molecule has 0 N–H and O–H groups in total. The molecule has 0 amide bonds. The van der Waals surface area contributed by atoms with E-state index < -0.39 is 5.82 Å². The van der Waals surface area contributed by atoms with Gasteiger partial charge in [0, 0.05) is 17.3 Å². The molecule has 84 valence electrons. The highest BCUT2D eigenvalue weighted by atomic mass is 35.5. The molecule has 1 aromatic carbocycles. The van der Waals surface area contributed by atoms with Crippen LogP contribution in [0, 0.1) is 5.82 Å². The smallest absolute Gasteiger partial charge is 0.149 e. The number of alkyl halides is 1. The summed E-state index contributed by atoms with van der Waals surface area (Å²) < 4.78 is 14.8. The molecule has 1 heterocycles. The van der Waals surface area contributed by atoms with E-state index in [9.17, 15) is 4.39 Å². The summed E-state index contributed by atoms with van der Waals surface area (Å²) in [7, 11) is 0. The Hall–Kier alpha value is -1.13. The lowest BCUT2D eigenvalue weighted by atomic mass is 10.3. The highest BCUT2D eigenvalue weighted by molar-refractivity contribution is 6.30. The zero-order chi connectivity index (χ0) is 11.5. The maximum Gasteiger partial charge on any atom is 0.149 e. The highest BCUT2D eigenvalue weighted by Gasteiger charge is 2.08. The number of hydrogen-bond donors (Lipinski definition) is 0. The van der Waals surface area contributed by atoms with Crippen LogP contribution in [0.3, 0.4) is 0 Å². The van der Waals surface area contributed by atoms with E-state index in [2.05, 4.69) is 10.3 Å². The van der Waals surface area contributed by atoms with E-state index in [4.69, 9.17) is 23.2 Å². The molecule has 0 aliphatic heterocycles. The summed E-state index contributed by atoms with van der Waals surface area (Å²) in [6.07, 6.45) is 2.24. The molecule has 0 atom stereocenters. The Morgan fingerprint density at radius 1 is 1.38 bits per heavy atom. The average molecular weight is 260 g/mol. The Morgan fingerprint density at radius 3 is 2.94 bits per heavy atom. The summed E-state index contributed by atoms with van der Waals surface area (Å²) in [6.45, 7) is 0. The second-order valence-corrected chi connectivity index (χ2v) is 4.00. The standard InChI is InChI=1S/C10H8Cl2FN3/c11-4-3-8-6-16(15-14-8)10-5-7(12)1-2-9(10)13/h1-2,5-6H,3-4H2. The number of rotatable bonds is 3. The van der Waals surface area contributed by atoms with E-state index >= 15 is 0 Å². The topological polar surface area (TPSA) is 30.7 Å². The molecule has 16 heavy (non-hydrogen) atoms. The van der Waals surface area contributed by atoms with Crippen LogP contribution < -0.4 is 0 Å². The molecule has 2 aromatic rings. The summed E-state index contributed by atoms with van der Waals surface area (Å²) in [5, 5.41) is 8.14. The Balaban J connectivity index is 2.38. The quantitative estimate of drug-likeness (QED) is 0.794. The number of hydrogen-bond acceptors (Lipinski definition) is 2. The highest BCUT2D eigenvalue weighted by Crippen LogP contribution is 2.18. The van der Waals surface area contributed by atoms with E-state index in [1.54, 1.807) is 6.20 Å². The first-order valence-electron chi connectivity index (χ1n) is 4.63. The average Bonchev–Trinajstić information content (AvgIpc) is 2.71. The Kier molecular flexibility index (Phi) is 3.41. The van der Waals surface area contributed by atoms with Gasteiger partial charge in [0.1, 0.15) is 11.5 Å². The van der Waals surface area contributed by atoms with Crippen LogP contribution in [0.25, 0.3) is 5.69 Å². The van der Waals surface area contributed by atoms with Gasteiger partial charge in [0.05, 0.1) is 11.9 Å². The van der Waals surface area contributed by atoms with E-state index in [-0.39, 0.29) is 5.69 Å². The predicted octanol–water partition coefficient (Wildman–Crippen LogP) is 2.84. The third-order valence-corrected chi connectivity index (χ3v) is 2.47. The van der Waals surface area contributed by atoms with E-state index in [1.807, 2.05) is 0 Å². The Bertz CT molecular complexity index is 499. The van der Waals surface area contributed by atoms with Crippen LogP contribution in [0.4, 0.5) is 4.39 Å². The third kappa shape index (κ3) is 2.33. The van der Waals surface area contributed by atoms with Gasteiger partial charge in [0.2, 0.25) is 0 Å². The fourth-order valence-corrected chi connectivity index (χ4v) is 1.65. The Morgan fingerprint density at radius 2 is 2.19 bits per heavy atom. The van der Waals surface area contributed by atoms with Crippen LogP contribution in [-0.2, 0) is 6.42 Å². The molecule has 0 bridgehead atoms. The fraction of sp³-hybridized carbons (Fsp3) is 0.200. The zero-order valence-electron chi connectivity index (χ0n) is 8.20. The van der Waals surface area contributed by atoms with Crippen molar-refractivity contribution in [2.45, 2.75) is 6.42 Å². The molecule has 0 aliphatic carbocycles. The molecule has 0 radical (unpaired) electrons. The molecule has 0 saturated carbocycles. The fourth-order valence-electron chi connectivity index (χ4n) is 1.29. The van der Waals surface area contributed by atoms with Gasteiger partial charge >= 0.3 is 0 Å². The first kappa shape index (κ1) is 11.4. The second kappa shape index (κ2) is 4.80. The maximum absolute atomic E-state index is 13.5. The van der Waals surface area contributed by atoms with Crippen LogP contribution in [-0.4, -0.2) is 20.9 Å². The first-order valence-corrected chi connectivity index (χ1v) is 5.54. The van der Waals surface area contributed by atoms with Crippen molar-refractivity contribution in [2.24, 2.45) is 0 Å². The lowest BCUT2D eigenvalue weighted by Crippen LogP contribution is -1.98. The van der Waals surface area contributed by atoms with E-state index in [0.717, 1.165) is 5.69 Å². The van der Waals surface area contributed by atoms with Crippen molar-refractivity contribution in [3.8, 4) is 5.69 Å². The second-order valence-electron chi connectivity index (χ2n) is 3.19. The summed E-state index contributed by atoms with van der Waals surface area (Å²) in [5.74, 6) is 0.0585. The summed E-state index contributed by atoms with van der Waals surface area (Å²) in [4.78, 5) is 0. The third-order valence-electron chi connectivity index (χ3n) is 2.05. The molecule has 0 spiro atoms. The van der Waals surface area contributed by atoms with Gasteiger partial charge in [-0.05, 0) is 18.2 Å². The molecule has 0 saturated heterocycles. The van der Waals surface area contributed by atoms with Crippen molar-refractivity contribution in [1.29, 1.82) is 0 Å². The van der Waals surface area contributed by atoms with Crippen LogP contribution in [0.2, 0.25) is 5.02 Å². The molecule has 1 aromatic heterocycles. The Labute approximate surface area is 102 Å². The summed E-state index contributed by atoms with van der Waals surface area (Å²) >= 11 is 11.4. The summed E-state index contributed by atoms with van der Waals surface area (Å²) in [5.41, 5.74) is 0.996. The van der Waals surface area contributed by atoms with Crippen LogP contribution in [0.15, 0.2) is 24.4 Å². The number of aromatic nitrogens is 3. The minimum Gasteiger partial charge on any atom is -0.217 e. The molecular formula is C10H8Cl2FN3. The largest absolute Gasteiger partial charge is 0.217 e. The van der Waals surface area contributed by atoms with Crippen LogP contribution >= 0.6 is 23.2 Å². The number of benzene rings is 1. The number of halogens is 3.